The van der Waals surface area contributed by atoms with Gasteiger partial charge in [0.25, 0.3) is 5.91 Å². The van der Waals surface area contributed by atoms with Gasteiger partial charge in [0.2, 0.25) is 5.91 Å². The molecule has 0 radical (unpaired) electrons. The second-order valence-electron chi connectivity index (χ2n) is 8.83. The van der Waals surface area contributed by atoms with Crippen LogP contribution in [0.1, 0.15) is 68.9 Å². The van der Waals surface area contributed by atoms with Gasteiger partial charge in [0.1, 0.15) is 0 Å². The Balaban J connectivity index is 1.99. The lowest BCUT2D eigenvalue weighted by Gasteiger charge is -2.20. The van der Waals surface area contributed by atoms with Gasteiger partial charge in [-0.1, -0.05) is 38.1 Å². The molecule has 0 spiro atoms. The van der Waals surface area contributed by atoms with Gasteiger partial charge in [-0.05, 0) is 75.4 Å². The lowest BCUT2D eigenvalue weighted by Crippen LogP contribution is -2.40. The van der Waals surface area contributed by atoms with Crippen LogP contribution >= 0.6 is 0 Å². The molecule has 0 aliphatic rings. The Labute approximate surface area is 168 Å². The molecule has 4 nitrogen and oxygen atoms in total. The second-order valence-corrected chi connectivity index (χ2v) is 8.83. The van der Waals surface area contributed by atoms with E-state index >= 15 is 0 Å². The van der Waals surface area contributed by atoms with Crippen molar-refractivity contribution in [3.63, 3.8) is 0 Å². The summed E-state index contributed by atoms with van der Waals surface area (Å²) in [6, 6.07) is 15.2. The van der Waals surface area contributed by atoms with E-state index in [0.29, 0.717) is 17.2 Å². The lowest BCUT2D eigenvalue weighted by atomic mass is 9.96. The summed E-state index contributed by atoms with van der Waals surface area (Å²) in [6.45, 7) is 12.1. The lowest BCUT2D eigenvalue weighted by molar-refractivity contribution is -0.117. The van der Waals surface area contributed by atoms with Crippen molar-refractivity contribution in [1.82, 2.24) is 5.32 Å². The highest BCUT2D eigenvalue weighted by atomic mass is 16.2. The molecular formula is C24H32N2O2. The molecule has 1 atom stereocenters. The third-order valence-electron chi connectivity index (χ3n) is 4.42. The molecule has 0 aliphatic heterocycles. The third kappa shape index (κ3) is 6.52. The Kier molecular flexibility index (Phi) is 7.00. The standard InChI is InChI=1S/C24H32N2O2/c1-16(2)15-18-7-9-19(10-8-18)17(3)22(27)25-21-13-11-20(12-14-21)23(28)26-24(4,5)6/h7-14,16-17H,15H2,1-6H3,(H,25,27)(H,26,28). The van der Waals surface area contributed by atoms with Crippen molar-refractivity contribution in [3.8, 4) is 0 Å². The smallest absolute Gasteiger partial charge is 0.251 e. The van der Waals surface area contributed by atoms with Crippen LogP contribution < -0.4 is 10.6 Å². The Morgan fingerprint density at radius 1 is 0.893 bits per heavy atom. The average Bonchev–Trinajstić information content (AvgIpc) is 2.60. The van der Waals surface area contributed by atoms with Crippen LogP contribution in [-0.2, 0) is 11.2 Å². The van der Waals surface area contributed by atoms with Crippen LogP contribution in [0.4, 0.5) is 5.69 Å². The van der Waals surface area contributed by atoms with Crippen molar-refractivity contribution in [3.05, 3.63) is 65.2 Å². The molecule has 2 aromatic carbocycles. The van der Waals surface area contributed by atoms with Crippen LogP contribution in [0, 0.1) is 5.92 Å². The van der Waals surface area contributed by atoms with E-state index in [4.69, 9.17) is 0 Å². The highest BCUT2D eigenvalue weighted by molar-refractivity contribution is 5.97. The van der Waals surface area contributed by atoms with Gasteiger partial charge < -0.3 is 10.6 Å². The summed E-state index contributed by atoms with van der Waals surface area (Å²) >= 11 is 0. The second kappa shape index (κ2) is 9.05. The molecular weight excluding hydrogens is 348 g/mol. The zero-order valence-electron chi connectivity index (χ0n) is 17.8. The Morgan fingerprint density at radius 3 is 1.96 bits per heavy atom. The molecule has 0 fully saturated rings. The summed E-state index contributed by atoms with van der Waals surface area (Å²) in [4.78, 5) is 24.8. The maximum Gasteiger partial charge on any atom is 0.251 e. The molecule has 28 heavy (non-hydrogen) atoms. The molecule has 2 rings (SSSR count). The van der Waals surface area contributed by atoms with Gasteiger partial charge in [-0.3, -0.25) is 9.59 Å². The van der Waals surface area contributed by atoms with Crippen LogP contribution in [-0.4, -0.2) is 17.4 Å². The molecule has 0 saturated heterocycles. The normalized spacial score (nSPS) is 12.5. The number of hydrogen-bond donors (Lipinski definition) is 2. The van der Waals surface area contributed by atoms with Crippen LogP contribution in [0.5, 0.6) is 0 Å². The molecule has 2 N–H and O–H groups in total. The van der Waals surface area contributed by atoms with Crippen LogP contribution in [0.15, 0.2) is 48.5 Å². The minimum Gasteiger partial charge on any atom is -0.347 e. The largest absolute Gasteiger partial charge is 0.347 e. The number of hydrogen-bond acceptors (Lipinski definition) is 2. The van der Waals surface area contributed by atoms with E-state index in [-0.39, 0.29) is 23.3 Å². The van der Waals surface area contributed by atoms with Crippen molar-refractivity contribution in [2.24, 2.45) is 5.92 Å². The van der Waals surface area contributed by atoms with E-state index in [0.717, 1.165) is 12.0 Å². The Morgan fingerprint density at radius 2 is 1.46 bits per heavy atom. The Bertz CT molecular complexity index is 800. The molecule has 0 saturated carbocycles. The van der Waals surface area contributed by atoms with Gasteiger partial charge in [0.15, 0.2) is 0 Å². The van der Waals surface area contributed by atoms with E-state index < -0.39 is 0 Å². The first kappa shape index (κ1) is 21.7. The minimum absolute atomic E-state index is 0.0662. The summed E-state index contributed by atoms with van der Waals surface area (Å²) in [5, 5.41) is 5.86. The molecule has 2 amide bonds. The first-order valence-electron chi connectivity index (χ1n) is 9.87. The predicted molar refractivity (Wildman–Crippen MR) is 116 cm³/mol. The van der Waals surface area contributed by atoms with Crippen molar-refractivity contribution >= 4 is 17.5 Å². The zero-order chi connectivity index (χ0) is 20.9. The molecule has 2 aromatic rings. The monoisotopic (exact) mass is 380 g/mol. The topological polar surface area (TPSA) is 58.2 Å². The van der Waals surface area contributed by atoms with E-state index in [1.807, 2.05) is 39.8 Å². The number of rotatable bonds is 6. The first-order chi connectivity index (χ1) is 13.0. The minimum atomic E-state index is -0.288. The van der Waals surface area contributed by atoms with E-state index in [9.17, 15) is 9.59 Å². The van der Waals surface area contributed by atoms with Gasteiger partial charge in [0, 0.05) is 16.8 Å². The van der Waals surface area contributed by atoms with Crippen LogP contribution in [0.25, 0.3) is 0 Å². The summed E-state index contributed by atoms with van der Waals surface area (Å²) in [7, 11) is 0. The van der Waals surface area contributed by atoms with Crippen molar-refractivity contribution in [2.75, 3.05) is 5.32 Å². The molecule has 0 heterocycles. The number of amides is 2. The van der Waals surface area contributed by atoms with E-state index in [1.54, 1.807) is 24.3 Å². The summed E-state index contributed by atoms with van der Waals surface area (Å²) in [6.07, 6.45) is 1.04. The summed E-state index contributed by atoms with van der Waals surface area (Å²) in [5.74, 6) is 0.167. The number of carbonyl (C=O) groups is 2. The van der Waals surface area contributed by atoms with Gasteiger partial charge >= 0.3 is 0 Å². The van der Waals surface area contributed by atoms with Crippen LogP contribution in [0.3, 0.4) is 0 Å². The number of benzene rings is 2. The molecule has 0 bridgehead atoms. The highest BCUT2D eigenvalue weighted by Crippen LogP contribution is 2.20. The van der Waals surface area contributed by atoms with Crippen molar-refractivity contribution in [1.29, 1.82) is 0 Å². The zero-order valence-corrected chi connectivity index (χ0v) is 17.8. The maximum absolute atomic E-state index is 12.6. The predicted octanol–water partition coefficient (Wildman–Crippen LogP) is 5.16. The van der Waals surface area contributed by atoms with Crippen molar-refractivity contribution < 1.29 is 9.59 Å². The molecule has 4 heteroatoms. The first-order valence-corrected chi connectivity index (χ1v) is 9.87. The van der Waals surface area contributed by atoms with Crippen LogP contribution in [0.2, 0.25) is 0 Å². The fourth-order valence-corrected chi connectivity index (χ4v) is 2.93. The molecule has 150 valence electrons. The van der Waals surface area contributed by atoms with E-state index in [1.165, 1.54) is 5.56 Å². The van der Waals surface area contributed by atoms with Gasteiger partial charge in [-0.15, -0.1) is 0 Å². The quantitative estimate of drug-likeness (QED) is 0.727. The third-order valence-corrected chi connectivity index (χ3v) is 4.42. The number of anilines is 1. The fraction of sp³-hybridized carbons (Fsp3) is 0.417. The average molecular weight is 381 g/mol. The molecule has 1 unspecified atom stereocenters. The van der Waals surface area contributed by atoms with Gasteiger partial charge in [0.05, 0.1) is 5.92 Å². The fourth-order valence-electron chi connectivity index (χ4n) is 2.93. The number of nitrogens with one attached hydrogen (secondary N) is 2. The highest BCUT2D eigenvalue weighted by Gasteiger charge is 2.17. The SMILES string of the molecule is CC(C)Cc1ccc(C(C)C(=O)Nc2ccc(C(=O)NC(C)(C)C)cc2)cc1. The van der Waals surface area contributed by atoms with Gasteiger partial charge in [-0.2, -0.15) is 0 Å². The Hall–Kier alpha value is -2.62. The van der Waals surface area contributed by atoms with Crippen molar-refractivity contribution in [2.45, 2.75) is 59.4 Å². The molecule has 0 aliphatic carbocycles. The van der Waals surface area contributed by atoms with E-state index in [2.05, 4.69) is 36.6 Å². The maximum atomic E-state index is 12.6. The summed E-state index contributed by atoms with van der Waals surface area (Å²) < 4.78 is 0. The summed E-state index contributed by atoms with van der Waals surface area (Å²) in [5.41, 5.74) is 3.24. The molecule has 0 aromatic heterocycles. The van der Waals surface area contributed by atoms with Gasteiger partial charge in [-0.25, -0.2) is 0 Å². The number of carbonyl (C=O) groups excluding carboxylic acids is 2.